The van der Waals surface area contributed by atoms with Crippen LogP contribution in [-0.4, -0.2) is 22.2 Å². The first-order valence-electron chi connectivity index (χ1n) is 5.07. The number of hydrogen-bond donors (Lipinski definition) is 3. The molecule has 1 atom stereocenters. The second-order valence-corrected chi connectivity index (χ2v) is 4.35. The summed E-state index contributed by atoms with van der Waals surface area (Å²) in [4.78, 5) is 3.20. The molecule has 1 aromatic heterocycles. The van der Waals surface area contributed by atoms with E-state index in [-0.39, 0.29) is 6.61 Å². The number of aliphatic hydroxyl groups excluding tert-OH is 1. The molecule has 3 heteroatoms. The third-order valence-corrected chi connectivity index (χ3v) is 2.63. The van der Waals surface area contributed by atoms with Crippen LogP contribution in [-0.2, 0) is 6.42 Å². The SMILES string of the molecule is CC(N)(CO)Cc1c[nH]c2ccccc12. The lowest BCUT2D eigenvalue weighted by atomic mass is 9.95. The Kier molecular flexibility index (Phi) is 2.50. The summed E-state index contributed by atoms with van der Waals surface area (Å²) in [6, 6.07) is 8.10. The van der Waals surface area contributed by atoms with E-state index < -0.39 is 5.54 Å². The Morgan fingerprint density at radius 3 is 2.87 bits per heavy atom. The molecule has 0 amide bonds. The summed E-state index contributed by atoms with van der Waals surface area (Å²) in [6.07, 6.45) is 2.64. The molecule has 0 radical (unpaired) electrons. The Balaban J connectivity index is 2.37. The number of aliphatic hydroxyl groups is 1. The van der Waals surface area contributed by atoms with Gasteiger partial charge in [-0.1, -0.05) is 18.2 Å². The van der Waals surface area contributed by atoms with E-state index in [1.54, 1.807) is 0 Å². The van der Waals surface area contributed by atoms with Crippen molar-refractivity contribution in [3.63, 3.8) is 0 Å². The summed E-state index contributed by atoms with van der Waals surface area (Å²) in [5, 5.41) is 10.3. The summed E-state index contributed by atoms with van der Waals surface area (Å²) in [5.74, 6) is 0. The molecule has 15 heavy (non-hydrogen) atoms. The third-order valence-electron chi connectivity index (χ3n) is 2.63. The number of hydrogen-bond acceptors (Lipinski definition) is 2. The number of H-pyrrole nitrogens is 1. The van der Waals surface area contributed by atoms with Crippen LogP contribution in [0.3, 0.4) is 0 Å². The zero-order chi connectivity index (χ0) is 10.9. The molecule has 0 spiro atoms. The number of aromatic amines is 1. The summed E-state index contributed by atoms with van der Waals surface area (Å²) in [7, 11) is 0. The molecule has 1 heterocycles. The van der Waals surface area contributed by atoms with Gasteiger partial charge in [0.2, 0.25) is 0 Å². The number of para-hydroxylation sites is 1. The van der Waals surface area contributed by atoms with Gasteiger partial charge < -0.3 is 15.8 Å². The van der Waals surface area contributed by atoms with E-state index in [2.05, 4.69) is 11.1 Å². The molecule has 0 fully saturated rings. The van der Waals surface area contributed by atoms with Crippen LogP contribution in [0.2, 0.25) is 0 Å². The molecule has 3 nitrogen and oxygen atoms in total. The molecule has 0 saturated heterocycles. The fourth-order valence-electron chi connectivity index (χ4n) is 1.77. The van der Waals surface area contributed by atoms with Crippen molar-refractivity contribution in [1.29, 1.82) is 0 Å². The molecule has 0 aliphatic carbocycles. The lowest BCUT2D eigenvalue weighted by Crippen LogP contribution is -2.42. The number of nitrogens with two attached hydrogens (primary N) is 1. The van der Waals surface area contributed by atoms with Gasteiger partial charge in [-0.2, -0.15) is 0 Å². The second kappa shape index (κ2) is 3.68. The van der Waals surface area contributed by atoms with Gasteiger partial charge in [-0.3, -0.25) is 0 Å². The van der Waals surface area contributed by atoms with Crippen molar-refractivity contribution >= 4 is 10.9 Å². The fourth-order valence-corrected chi connectivity index (χ4v) is 1.77. The van der Waals surface area contributed by atoms with Crippen LogP contribution in [0.4, 0.5) is 0 Å². The maximum atomic E-state index is 9.13. The van der Waals surface area contributed by atoms with Crippen molar-refractivity contribution in [2.45, 2.75) is 18.9 Å². The third kappa shape index (κ3) is 2.03. The van der Waals surface area contributed by atoms with Crippen molar-refractivity contribution in [2.24, 2.45) is 5.73 Å². The minimum Gasteiger partial charge on any atom is -0.394 e. The van der Waals surface area contributed by atoms with Gasteiger partial charge in [-0.05, 0) is 25.0 Å². The molecule has 2 rings (SSSR count). The second-order valence-electron chi connectivity index (χ2n) is 4.35. The molecule has 0 bridgehead atoms. The molecule has 1 aromatic carbocycles. The van der Waals surface area contributed by atoms with Gasteiger partial charge in [-0.25, -0.2) is 0 Å². The Morgan fingerprint density at radius 1 is 1.40 bits per heavy atom. The van der Waals surface area contributed by atoms with Crippen LogP contribution in [0.5, 0.6) is 0 Å². The van der Waals surface area contributed by atoms with Gasteiger partial charge in [0, 0.05) is 22.6 Å². The van der Waals surface area contributed by atoms with E-state index in [1.807, 2.05) is 31.3 Å². The van der Waals surface area contributed by atoms with Crippen molar-refractivity contribution in [3.8, 4) is 0 Å². The van der Waals surface area contributed by atoms with E-state index in [0.717, 1.165) is 11.1 Å². The number of aromatic nitrogens is 1. The summed E-state index contributed by atoms with van der Waals surface area (Å²) in [5.41, 5.74) is 7.65. The number of fused-ring (bicyclic) bond motifs is 1. The highest BCUT2D eigenvalue weighted by Gasteiger charge is 2.19. The van der Waals surface area contributed by atoms with Crippen molar-refractivity contribution in [2.75, 3.05) is 6.61 Å². The lowest BCUT2D eigenvalue weighted by molar-refractivity contribution is 0.208. The van der Waals surface area contributed by atoms with Crippen LogP contribution in [0, 0.1) is 0 Å². The predicted octanol–water partition coefficient (Wildman–Crippen LogP) is 1.42. The van der Waals surface area contributed by atoms with Crippen molar-refractivity contribution < 1.29 is 5.11 Å². The minimum atomic E-state index is -0.551. The van der Waals surface area contributed by atoms with Gasteiger partial charge in [0.05, 0.1) is 6.61 Å². The molecular weight excluding hydrogens is 188 g/mol. The van der Waals surface area contributed by atoms with Gasteiger partial charge in [-0.15, -0.1) is 0 Å². The molecule has 0 aliphatic heterocycles. The van der Waals surface area contributed by atoms with Crippen LogP contribution >= 0.6 is 0 Å². The largest absolute Gasteiger partial charge is 0.394 e. The Morgan fingerprint density at radius 2 is 2.13 bits per heavy atom. The number of benzene rings is 1. The molecule has 0 aliphatic rings. The predicted molar refractivity (Wildman–Crippen MR) is 61.7 cm³/mol. The topological polar surface area (TPSA) is 62.0 Å². The molecule has 2 aromatic rings. The normalized spacial score (nSPS) is 15.4. The van der Waals surface area contributed by atoms with Crippen LogP contribution in [0.1, 0.15) is 12.5 Å². The first-order valence-corrected chi connectivity index (χ1v) is 5.07. The molecule has 4 N–H and O–H groups in total. The summed E-state index contributed by atoms with van der Waals surface area (Å²) < 4.78 is 0. The number of rotatable bonds is 3. The molecule has 0 saturated carbocycles. The smallest absolute Gasteiger partial charge is 0.0611 e. The molecule has 1 unspecified atom stereocenters. The first-order chi connectivity index (χ1) is 7.12. The quantitative estimate of drug-likeness (QED) is 0.708. The highest BCUT2D eigenvalue weighted by atomic mass is 16.3. The van der Waals surface area contributed by atoms with Crippen LogP contribution < -0.4 is 5.73 Å². The zero-order valence-corrected chi connectivity index (χ0v) is 8.83. The Labute approximate surface area is 88.9 Å². The average molecular weight is 204 g/mol. The van der Waals surface area contributed by atoms with E-state index in [1.165, 1.54) is 5.39 Å². The zero-order valence-electron chi connectivity index (χ0n) is 8.83. The van der Waals surface area contributed by atoms with Crippen LogP contribution in [0.15, 0.2) is 30.5 Å². The van der Waals surface area contributed by atoms with Crippen molar-refractivity contribution in [1.82, 2.24) is 4.98 Å². The minimum absolute atomic E-state index is 0.00743. The number of nitrogens with one attached hydrogen (secondary N) is 1. The average Bonchev–Trinajstić information content (AvgIpc) is 2.62. The molecule has 80 valence electrons. The van der Waals surface area contributed by atoms with E-state index in [9.17, 15) is 0 Å². The highest BCUT2D eigenvalue weighted by molar-refractivity contribution is 5.83. The van der Waals surface area contributed by atoms with E-state index >= 15 is 0 Å². The van der Waals surface area contributed by atoms with Gasteiger partial charge in [0.15, 0.2) is 0 Å². The maximum absolute atomic E-state index is 9.13. The monoisotopic (exact) mass is 204 g/mol. The van der Waals surface area contributed by atoms with Crippen molar-refractivity contribution in [3.05, 3.63) is 36.0 Å². The van der Waals surface area contributed by atoms with E-state index in [0.29, 0.717) is 6.42 Å². The first kappa shape index (κ1) is 10.2. The van der Waals surface area contributed by atoms with E-state index in [4.69, 9.17) is 10.8 Å². The summed E-state index contributed by atoms with van der Waals surface area (Å²) in [6.45, 7) is 1.85. The molecular formula is C12H16N2O. The van der Waals surface area contributed by atoms with Gasteiger partial charge in [0.1, 0.15) is 0 Å². The standard InChI is InChI=1S/C12H16N2O/c1-12(13,8-15)6-9-7-14-11-5-3-2-4-10(9)11/h2-5,7,14-15H,6,8,13H2,1H3. The van der Waals surface area contributed by atoms with Crippen LogP contribution in [0.25, 0.3) is 10.9 Å². The maximum Gasteiger partial charge on any atom is 0.0611 e. The highest BCUT2D eigenvalue weighted by Crippen LogP contribution is 2.21. The Bertz CT molecular complexity index is 459. The van der Waals surface area contributed by atoms with Gasteiger partial charge in [0.25, 0.3) is 0 Å². The summed E-state index contributed by atoms with van der Waals surface area (Å²) >= 11 is 0. The van der Waals surface area contributed by atoms with Gasteiger partial charge >= 0.3 is 0 Å². The Hall–Kier alpha value is -1.32. The lowest BCUT2D eigenvalue weighted by Gasteiger charge is -2.20. The fraction of sp³-hybridized carbons (Fsp3) is 0.333.